The van der Waals surface area contributed by atoms with Crippen molar-refractivity contribution in [2.45, 2.75) is 38.8 Å². The normalized spacial score (nSPS) is 26.8. The summed E-state index contributed by atoms with van der Waals surface area (Å²) < 4.78 is 17.0. The maximum absolute atomic E-state index is 12.0. The van der Waals surface area contributed by atoms with Crippen molar-refractivity contribution in [3.05, 3.63) is 0 Å². The first-order chi connectivity index (χ1) is 5.92. The number of nitrogens with one attached hydrogen (secondary N) is 1. The Morgan fingerprint density at radius 1 is 1.62 bits per heavy atom. The minimum Gasteiger partial charge on any atom is -0.444 e. The molecule has 4 heteroatoms. The van der Waals surface area contributed by atoms with E-state index in [1.165, 1.54) is 0 Å². The van der Waals surface area contributed by atoms with Crippen LogP contribution >= 0.6 is 0 Å². The van der Waals surface area contributed by atoms with Gasteiger partial charge in [-0.2, -0.15) is 0 Å². The number of carbonyl (C=O) groups is 1. The summed E-state index contributed by atoms with van der Waals surface area (Å²) in [5.74, 6) is 0.00696. The summed E-state index contributed by atoms with van der Waals surface area (Å²) in [7, 11) is 0. The van der Waals surface area contributed by atoms with Crippen LogP contribution in [0.1, 0.15) is 27.2 Å². The van der Waals surface area contributed by atoms with Gasteiger partial charge < -0.3 is 10.1 Å². The first-order valence-corrected chi connectivity index (χ1v) is 4.48. The number of hydrogen-bond acceptors (Lipinski definition) is 2. The van der Waals surface area contributed by atoms with E-state index in [1.54, 1.807) is 20.8 Å². The minimum absolute atomic E-state index is 0.00696. The Kier molecular flexibility index (Phi) is 2.78. The Morgan fingerprint density at radius 2 is 2.23 bits per heavy atom. The molecule has 1 fully saturated rings. The highest BCUT2D eigenvalue weighted by Crippen LogP contribution is 2.30. The molecule has 0 spiro atoms. The van der Waals surface area contributed by atoms with Crippen molar-refractivity contribution >= 4 is 6.09 Å². The molecule has 76 valence electrons. The third-order valence-electron chi connectivity index (χ3n) is 1.82. The molecule has 1 rings (SSSR count). The van der Waals surface area contributed by atoms with Gasteiger partial charge in [0.1, 0.15) is 5.60 Å². The standard InChI is InChI=1S/C9H16FNO2/c1-9(2,3)13-8(12)11-7-4-6(7)5-10/h6-7H,4-5H2,1-3H3,(H,11,12)/t6-,7-/m1/s1. The van der Waals surface area contributed by atoms with Gasteiger partial charge in [-0.15, -0.1) is 0 Å². The van der Waals surface area contributed by atoms with Gasteiger partial charge in [-0.25, -0.2) is 4.79 Å². The topological polar surface area (TPSA) is 38.3 Å². The Labute approximate surface area is 77.6 Å². The number of alkyl halides is 1. The zero-order valence-electron chi connectivity index (χ0n) is 8.26. The van der Waals surface area contributed by atoms with Gasteiger partial charge in [-0.1, -0.05) is 0 Å². The molecule has 0 heterocycles. The number of ether oxygens (including phenoxy) is 1. The molecule has 1 aliphatic carbocycles. The van der Waals surface area contributed by atoms with Gasteiger partial charge >= 0.3 is 6.09 Å². The molecule has 1 saturated carbocycles. The molecule has 0 aromatic rings. The van der Waals surface area contributed by atoms with E-state index in [4.69, 9.17) is 4.74 Å². The molecule has 0 aliphatic heterocycles. The van der Waals surface area contributed by atoms with E-state index in [1.807, 2.05) is 0 Å². The van der Waals surface area contributed by atoms with Crippen LogP contribution in [0, 0.1) is 5.92 Å². The largest absolute Gasteiger partial charge is 0.444 e. The Balaban J connectivity index is 2.20. The predicted molar refractivity (Wildman–Crippen MR) is 47.2 cm³/mol. The Morgan fingerprint density at radius 3 is 2.62 bits per heavy atom. The van der Waals surface area contributed by atoms with Crippen LogP contribution in [-0.2, 0) is 4.74 Å². The van der Waals surface area contributed by atoms with E-state index in [2.05, 4.69) is 5.32 Å². The third-order valence-corrected chi connectivity index (χ3v) is 1.82. The van der Waals surface area contributed by atoms with E-state index in [-0.39, 0.29) is 18.6 Å². The van der Waals surface area contributed by atoms with Crippen LogP contribution in [0.15, 0.2) is 0 Å². The van der Waals surface area contributed by atoms with E-state index in [9.17, 15) is 9.18 Å². The van der Waals surface area contributed by atoms with E-state index in [0.717, 1.165) is 6.42 Å². The molecule has 13 heavy (non-hydrogen) atoms. The van der Waals surface area contributed by atoms with Gasteiger partial charge in [0.05, 0.1) is 6.67 Å². The predicted octanol–water partition coefficient (Wildman–Crippen LogP) is 1.87. The van der Waals surface area contributed by atoms with E-state index >= 15 is 0 Å². The lowest BCUT2D eigenvalue weighted by molar-refractivity contribution is 0.0520. The molecule has 2 atom stereocenters. The minimum atomic E-state index is -0.482. The first-order valence-electron chi connectivity index (χ1n) is 4.48. The monoisotopic (exact) mass is 189 g/mol. The summed E-state index contributed by atoms with van der Waals surface area (Å²) in [4.78, 5) is 11.1. The zero-order chi connectivity index (χ0) is 10.1. The Hall–Kier alpha value is -0.800. The van der Waals surface area contributed by atoms with Crippen molar-refractivity contribution in [2.24, 2.45) is 5.92 Å². The summed E-state index contributed by atoms with van der Waals surface area (Å²) in [6, 6.07) is -0.0140. The number of carbonyl (C=O) groups excluding carboxylic acids is 1. The first kappa shape index (κ1) is 10.3. The van der Waals surface area contributed by atoms with Gasteiger partial charge in [0.15, 0.2) is 0 Å². The summed E-state index contributed by atoms with van der Waals surface area (Å²) in [6.45, 7) is 5.03. The van der Waals surface area contributed by atoms with Crippen molar-refractivity contribution in [3.63, 3.8) is 0 Å². The second-order valence-corrected chi connectivity index (χ2v) is 4.40. The van der Waals surface area contributed by atoms with E-state index in [0.29, 0.717) is 0 Å². The fourth-order valence-electron chi connectivity index (χ4n) is 1.05. The number of alkyl carbamates (subject to hydrolysis) is 1. The van der Waals surface area contributed by atoms with Crippen LogP contribution in [0.2, 0.25) is 0 Å². The zero-order valence-corrected chi connectivity index (χ0v) is 8.26. The van der Waals surface area contributed by atoms with E-state index < -0.39 is 11.7 Å². The van der Waals surface area contributed by atoms with Crippen molar-refractivity contribution in [1.82, 2.24) is 5.32 Å². The maximum Gasteiger partial charge on any atom is 0.407 e. The molecule has 0 saturated heterocycles. The van der Waals surface area contributed by atoms with Crippen LogP contribution in [0.5, 0.6) is 0 Å². The molecular formula is C9H16FNO2. The molecule has 1 aliphatic rings. The fourth-order valence-corrected chi connectivity index (χ4v) is 1.05. The number of amides is 1. The van der Waals surface area contributed by atoms with Gasteiger partial charge in [0.25, 0.3) is 0 Å². The van der Waals surface area contributed by atoms with Crippen LogP contribution in [0.3, 0.4) is 0 Å². The van der Waals surface area contributed by atoms with Crippen LogP contribution in [-0.4, -0.2) is 24.4 Å². The van der Waals surface area contributed by atoms with Crippen LogP contribution < -0.4 is 5.32 Å². The van der Waals surface area contributed by atoms with Crippen molar-refractivity contribution in [3.8, 4) is 0 Å². The van der Waals surface area contributed by atoms with Crippen LogP contribution in [0.25, 0.3) is 0 Å². The Bertz CT molecular complexity index is 200. The van der Waals surface area contributed by atoms with Crippen LogP contribution in [0.4, 0.5) is 9.18 Å². The van der Waals surface area contributed by atoms with Crippen molar-refractivity contribution < 1.29 is 13.9 Å². The second-order valence-electron chi connectivity index (χ2n) is 4.40. The van der Waals surface area contributed by atoms with Gasteiger partial charge in [0, 0.05) is 12.0 Å². The number of rotatable bonds is 2. The molecule has 1 amide bonds. The average molecular weight is 189 g/mol. The fraction of sp³-hybridized carbons (Fsp3) is 0.889. The number of hydrogen-bond donors (Lipinski definition) is 1. The smallest absolute Gasteiger partial charge is 0.407 e. The van der Waals surface area contributed by atoms with Gasteiger partial charge in [-0.05, 0) is 27.2 Å². The molecule has 1 N–H and O–H groups in total. The lowest BCUT2D eigenvalue weighted by Crippen LogP contribution is -2.34. The van der Waals surface area contributed by atoms with Crippen molar-refractivity contribution in [2.75, 3.05) is 6.67 Å². The van der Waals surface area contributed by atoms with Gasteiger partial charge in [0.2, 0.25) is 0 Å². The highest BCUT2D eigenvalue weighted by atomic mass is 19.1. The molecular weight excluding hydrogens is 173 g/mol. The average Bonchev–Trinajstić information content (AvgIpc) is 2.62. The summed E-state index contributed by atoms with van der Waals surface area (Å²) >= 11 is 0. The summed E-state index contributed by atoms with van der Waals surface area (Å²) in [5.41, 5.74) is -0.482. The molecule has 3 nitrogen and oxygen atoms in total. The highest BCUT2D eigenvalue weighted by Gasteiger charge is 2.39. The number of halogens is 1. The molecule has 0 aromatic heterocycles. The molecule has 0 unspecified atom stereocenters. The second kappa shape index (κ2) is 3.52. The lowest BCUT2D eigenvalue weighted by atomic mass is 10.2. The molecule has 0 radical (unpaired) electrons. The molecule has 0 bridgehead atoms. The maximum atomic E-state index is 12.0. The lowest BCUT2D eigenvalue weighted by Gasteiger charge is -2.19. The highest BCUT2D eigenvalue weighted by molar-refractivity contribution is 5.68. The van der Waals surface area contributed by atoms with Gasteiger partial charge in [-0.3, -0.25) is 4.39 Å². The van der Waals surface area contributed by atoms with Crippen molar-refractivity contribution in [1.29, 1.82) is 0 Å². The quantitative estimate of drug-likeness (QED) is 0.720. The SMILES string of the molecule is CC(C)(C)OC(=O)N[C@@H]1C[C@@H]1CF. The summed E-state index contributed by atoms with van der Waals surface area (Å²) in [5, 5.41) is 2.61. The summed E-state index contributed by atoms with van der Waals surface area (Å²) in [6.07, 6.45) is 0.281. The molecule has 0 aromatic carbocycles. The third kappa shape index (κ3) is 3.61.